The summed E-state index contributed by atoms with van der Waals surface area (Å²) >= 11 is 0. The Morgan fingerprint density at radius 2 is 1.69 bits per heavy atom. The van der Waals surface area contributed by atoms with E-state index < -0.39 is 24.3 Å². The molecule has 0 saturated carbocycles. The number of rotatable bonds is 3. The van der Waals surface area contributed by atoms with Crippen LogP contribution in [0.3, 0.4) is 0 Å². The number of aromatic nitrogens is 1. The van der Waals surface area contributed by atoms with Crippen LogP contribution in [0.5, 0.6) is 5.88 Å². The fourth-order valence-electron chi connectivity index (χ4n) is 3.39. The molecule has 2 aliphatic rings. The number of hydrogen-bond donors (Lipinski definition) is 2. The molecule has 15 heteroatoms. The summed E-state index contributed by atoms with van der Waals surface area (Å²) in [4.78, 5) is 26.9. The number of carboxylic acids is 2. The summed E-state index contributed by atoms with van der Waals surface area (Å²) in [5.74, 6) is -4.11. The van der Waals surface area contributed by atoms with Crippen LogP contribution in [0.15, 0.2) is 18.3 Å². The van der Waals surface area contributed by atoms with E-state index in [1.54, 1.807) is 13.3 Å². The SMILES string of the molecule is COc1ncccc1CN1CC[C@@H]2CN(C)CCO[C@@H]2C1.O=C(O)C(F)(F)F.O=C(O)C(F)(F)F. The Balaban J connectivity index is 0.000000362. The van der Waals surface area contributed by atoms with Crippen LogP contribution >= 0.6 is 0 Å². The second kappa shape index (κ2) is 13.4. The third kappa shape index (κ3) is 11.1. The Kier molecular flexibility index (Phi) is 11.7. The first kappa shape index (κ1) is 30.4. The Labute approximate surface area is 197 Å². The van der Waals surface area contributed by atoms with Gasteiger partial charge in [-0.3, -0.25) is 4.90 Å². The maximum absolute atomic E-state index is 10.6. The average molecular weight is 519 g/mol. The van der Waals surface area contributed by atoms with Gasteiger partial charge in [0.25, 0.3) is 0 Å². The number of hydrogen-bond acceptors (Lipinski definition) is 7. The summed E-state index contributed by atoms with van der Waals surface area (Å²) in [6.45, 7) is 6.08. The Morgan fingerprint density at radius 3 is 2.20 bits per heavy atom. The van der Waals surface area contributed by atoms with E-state index in [2.05, 4.69) is 27.9 Å². The molecule has 2 fully saturated rings. The number of ether oxygens (including phenoxy) is 2. The van der Waals surface area contributed by atoms with Crippen molar-refractivity contribution in [3.63, 3.8) is 0 Å². The van der Waals surface area contributed by atoms with Crippen LogP contribution in [0, 0.1) is 5.92 Å². The topological polar surface area (TPSA) is 112 Å². The van der Waals surface area contributed by atoms with Crippen LogP contribution in [0.1, 0.15) is 12.0 Å². The molecule has 9 nitrogen and oxygen atoms in total. The molecule has 200 valence electrons. The van der Waals surface area contributed by atoms with Crippen LogP contribution < -0.4 is 4.74 Å². The van der Waals surface area contributed by atoms with E-state index in [9.17, 15) is 26.3 Å². The van der Waals surface area contributed by atoms with Crippen molar-refractivity contribution in [1.82, 2.24) is 14.8 Å². The summed E-state index contributed by atoms with van der Waals surface area (Å²) in [5.41, 5.74) is 1.16. The Hall–Kier alpha value is -2.65. The molecule has 0 aromatic carbocycles. The van der Waals surface area contributed by atoms with Crippen molar-refractivity contribution < 1.29 is 55.6 Å². The molecule has 2 saturated heterocycles. The average Bonchev–Trinajstić information content (AvgIpc) is 2.94. The second-order valence-electron chi connectivity index (χ2n) is 7.73. The molecule has 2 N–H and O–H groups in total. The molecule has 2 aliphatic heterocycles. The number of likely N-dealkylation sites (N-methyl/N-ethyl adjacent to an activating group) is 1. The van der Waals surface area contributed by atoms with Crippen molar-refractivity contribution in [1.29, 1.82) is 0 Å². The number of alkyl halides is 6. The highest BCUT2D eigenvalue weighted by molar-refractivity contribution is 5.73. The molecule has 0 spiro atoms. The van der Waals surface area contributed by atoms with E-state index >= 15 is 0 Å². The monoisotopic (exact) mass is 519 g/mol. The van der Waals surface area contributed by atoms with Crippen molar-refractivity contribution in [2.24, 2.45) is 5.92 Å². The van der Waals surface area contributed by atoms with Crippen molar-refractivity contribution in [2.75, 3.05) is 46.9 Å². The van der Waals surface area contributed by atoms with Crippen LogP contribution in [0.2, 0.25) is 0 Å². The number of aliphatic carboxylic acids is 2. The molecule has 0 aliphatic carbocycles. The van der Waals surface area contributed by atoms with Crippen molar-refractivity contribution in [2.45, 2.75) is 31.4 Å². The van der Waals surface area contributed by atoms with Gasteiger partial charge in [-0.1, -0.05) is 6.07 Å². The van der Waals surface area contributed by atoms with Gasteiger partial charge in [-0.25, -0.2) is 14.6 Å². The molecule has 0 unspecified atom stereocenters. The standard InChI is InChI=1S/C16H25N3O2.2C2HF3O2/c1-18-8-9-21-15-12-19(7-5-13(15)10-18)11-14-4-3-6-17-16(14)20-2;2*3-2(4,5)1(6)7/h3-4,6,13,15H,5,7-12H2,1-2H3;2*(H,6,7)/t13-,15-;;/m1../s1. The van der Waals surface area contributed by atoms with Crippen LogP contribution in [0.25, 0.3) is 0 Å². The summed E-state index contributed by atoms with van der Waals surface area (Å²) in [6, 6.07) is 4.07. The Morgan fingerprint density at radius 1 is 1.11 bits per heavy atom. The number of piperidine rings is 1. The maximum Gasteiger partial charge on any atom is 0.490 e. The summed E-state index contributed by atoms with van der Waals surface area (Å²) < 4.78 is 74.9. The minimum atomic E-state index is -5.08. The van der Waals surface area contributed by atoms with E-state index in [1.165, 1.54) is 6.42 Å². The largest absolute Gasteiger partial charge is 0.490 e. The van der Waals surface area contributed by atoms with Crippen molar-refractivity contribution >= 4 is 11.9 Å². The van der Waals surface area contributed by atoms with Crippen LogP contribution in [-0.2, 0) is 20.9 Å². The first-order valence-electron chi connectivity index (χ1n) is 10.3. The predicted octanol–water partition coefficient (Wildman–Crippen LogP) is 2.51. The van der Waals surface area contributed by atoms with Crippen molar-refractivity contribution in [3.8, 4) is 5.88 Å². The molecule has 3 heterocycles. The summed E-state index contributed by atoms with van der Waals surface area (Å²) in [5, 5.41) is 14.2. The lowest BCUT2D eigenvalue weighted by Crippen LogP contribution is -2.46. The molecule has 2 atom stereocenters. The zero-order valence-electron chi connectivity index (χ0n) is 19.0. The highest BCUT2D eigenvalue weighted by atomic mass is 19.4. The first-order valence-corrected chi connectivity index (χ1v) is 10.3. The number of fused-ring (bicyclic) bond motifs is 1. The van der Waals surface area contributed by atoms with Gasteiger partial charge in [0, 0.05) is 43.9 Å². The van der Waals surface area contributed by atoms with Gasteiger partial charge in [0.15, 0.2) is 0 Å². The van der Waals surface area contributed by atoms with Gasteiger partial charge >= 0.3 is 24.3 Å². The first-order chi connectivity index (χ1) is 16.1. The van der Waals surface area contributed by atoms with Crippen molar-refractivity contribution in [3.05, 3.63) is 23.9 Å². The van der Waals surface area contributed by atoms with E-state index in [4.69, 9.17) is 29.3 Å². The number of likely N-dealkylation sites (tertiary alicyclic amines) is 1. The highest BCUT2D eigenvalue weighted by Gasteiger charge is 2.39. The van der Waals surface area contributed by atoms with Crippen LogP contribution in [0.4, 0.5) is 26.3 Å². The fourth-order valence-corrected chi connectivity index (χ4v) is 3.39. The molecule has 35 heavy (non-hydrogen) atoms. The minimum absolute atomic E-state index is 0.367. The van der Waals surface area contributed by atoms with Gasteiger partial charge in [-0.2, -0.15) is 26.3 Å². The maximum atomic E-state index is 10.6. The number of methoxy groups -OCH3 is 1. The molecular weight excluding hydrogens is 492 g/mol. The predicted molar refractivity (Wildman–Crippen MR) is 109 cm³/mol. The lowest BCUT2D eigenvalue weighted by Gasteiger charge is -2.37. The zero-order valence-corrected chi connectivity index (χ0v) is 19.0. The molecule has 3 rings (SSSR count). The third-order valence-electron chi connectivity index (χ3n) is 5.05. The fraction of sp³-hybridized carbons (Fsp3) is 0.650. The third-order valence-corrected chi connectivity index (χ3v) is 5.05. The van der Waals surface area contributed by atoms with Gasteiger partial charge in [0.05, 0.1) is 19.8 Å². The van der Waals surface area contributed by atoms with Gasteiger partial charge in [0.1, 0.15) is 0 Å². The molecule has 0 bridgehead atoms. The number of nitrogens with zero attached hydrogens (tertiary/aromatic N) is 3. The lowest BCUT2D eigenvalue weighted by atomic mass is 9.93. The smallest absolute Gasteiger partial charge is 0.481 e. The van der Waals surface area contributed by atoms with Gasteiger partial charge in [-0.15, -0.1) is 0 Å². The normalized spacial score (nSPS) is 21.3. The minimum Gasteiger partial charge on any atom is -0.481 e. The second-order valence-corrected chi connectivity index (χ2v) is 7.73. The number of halogens is 6. The molecule has 1 aromatic rings. The van der Waals surface area contributed by atoms with E-state index in [0.717, 1.165) is 50.8 Å². The van der Waals surface area contributed by atoms with Crippen LogP contribution in [-0.4, -0.2) is 102 Å². The van der Waals surface area contributed by atoms with E-state index in [0.29, 0.717) is 12.0 Å². The van der Waals surface area contributed by atoms with E-state index in [-0.39, 0.29) is 0 Å². The number of pyridine rings is 1. The molecule has 0 amide bonds. The quantitative estimate of drug-likeness (QED) is 0.582. The lowest BCUT2D eigenvalue weighted by molar-refractivity contribution is -0.193. The van der Waals surface area contributed by atoms with Gasteiger partial charge in [-0.05, 0) is 26.1 Å². The molecular formula is C20H27F6N3O6. The molecule has 1 aromatic heterocycles. The summed E-state index contributed by atoms with van der Waals surface area (Å²) in [7, 11) is 3.88. The van der Waals surface area contributed by atoms with E-state index in [1.807, 2.05) is 6.07 Å². The Bertz CT molecular complexity index is 799. The molecule has 0 radical (unpaired) electrons. The zero-order chi connectivity index (χ0) is 26.8. The number of carboxylic acid groups (broad SMARTS) is 2. The van der Waals surface area contributed by atoms with Gasteiger partial charge in [0.2, 0.25) is 5.88 Å². The number of carbonyl (C=O) groups is 2. The summed E-state index contributed by atoms with van der Waals surface area (Å²) in [6.07, 6.45) is -6.82. The van der Waals surface area contributed by atoms with Gasteiger partial charge < -0.3 is 24.6 Å². The highest BCUT2D eigenvalue weighted by Crippen LogP contribution is 2.26.